The number of rotatable bonds is 3. The molecule has 1 aliphatic carbocycles. The molecule has 128 valence electrons. The largest absolute Gasteiger partial charge is 0.349 e. The van der Waals surface area contributed by atoms with Crippen LogP contribution in [-0.4, -0.2) is 35.9 Å². The van der Waals surface area contributed by atoms with Gasteiger partial charge in [0.05, 0.1) is 15.2 Å². The third-order valence-electron chi connectivity index (χ3n) is 4.78. The summed E-state index contributed by atoms with van der Waals surface area (Å²) in [6.07, 6.45) is 1.65. The Morgan fingerprint density at radius 2 is 2.04 bits per heavy atom. The van der Waals surface area contributed by atoms with Crippen molar-refractivity contribution in [2.24, 2.45) is 0 Å². The zero-order valence-corrected chi connectivity index (χ0v) is 14.0. The second-order valence-electron chi connectivity index (χ2n) is 6.69. The van der Waals surface area contributed by atoms with E-state index >= 15 is 0 Å². The second-order valence-corrected chi connectivity index (χ2v) is 7.76. The lowest BCUT2D eigenvalue weighted by atomic mass is 9.88. The molecule has 1 saturated heterocycles. The van der Waals surface area contributed by atoms with Crippen molar-refractivity contribution in [1.29, 1.82) is 0 Å². The number of halogens is 2. The molecule has 1 aromatic heterocycles. The SMILES string of the molecule is O=C(NC1CC(F)(F)C1)c1ccc2nc(C3CCNCC3)sc2c1. The van der Waals surface area contributed by atoms with Crippen LogP contribution in [0.15, 0.2) is 18.2 Å². The molecule has 2 aliphatic rings. The number of fused-ring (bicyclic) bond motifs is 1. The maximum atomic E-state index is 12.9. The lowest BCUT2D eigenvalue weighted by Crippen LogP contribution is -2.50. The summed E-state index contributed by atoms with van der Waals surface area (Å²) in [5, 5.41) is 7.16. The number of aromatic nitrogens is 1. The highest BCUT2D eigenvalue weighted by molar-refractivity contribution is 7.18. The van der Waals surface area contributed by atoms with Gasteiger partial charge in [0.1, 0.15) is 0 Å². The van der Waals surface area contributed by atoms with Crippen molar-refractivity contribution in [3.63, 3.8) is 0 Å². The van der Waals surface area contributed by atoms with E-state index < -0.39 is 12.0 Å². The molecule has 7 heteroatoms. The molecule has 1 amide bonds. The van der Waals surface area contributed by atoms with Gasteiger partial charge in [-0.25, -0.2) is 13.8 Å². The average Bonchev–Trinajstić information content (AvgIpc) is 2.97. The molecule has 2 fully saturated rings. The van der Waals surface area contributed by atoms with Crippen LogP contribution in [0.4, 0.5) is 8.78 Å². The molecule has 0 atom stereocenters. The fourth-order valence-electron chi connectivity index (χ4n) is 3.36. The number of piperidine rings is 1. The van der Waals surface area contributed by atoms with Crippen LogP contribution in [0.1, 0.15) is 47.0 Å². The molecule has 2 aromatic rings. The summed E-state index contributed by atoms with van der Waals surface area (Å²) in [7, 11) is 0. The smallest absolute Gasteiger partial charge is 0.252 e. The molecular weight excluding hydrogens is 332 g/mol. The van der Waals surface area contributed by atoms with Crippen LogP contribution in [0, 0.1) is 0 Å². The monoisotopic (exact) mass is 351 g/mol. The Balaban J connectivity index is 1.49. The molecule has 1 aromatic carbocycles. The van der Waals surface area contributed by atoms with Crippen molar-refractivity contribution in [1.82, 2.24) is 15.6 Å². The van der Waals surface area contributed by atoms with E-state index in [1.165, 1.54) is 0 Å². The highest BCUT2D eigenvalue weighted by Crippen LogP contribution is 2.37. The van der Waals surface area contributed by atoms with Crippen LogP contribution in [0.25, 0.3) is 10.2 Å². The number of nitrogens with one attached hydrogen (secondary N) is 2. The lowest BCUT2D eigenvalue weighted by molar-refractivity contribution is -0.0901. The molecule has 1 saturated carbocycles. The molecule has 2 N–H and O–H groups in total. The number of benzene rings is 1. The highest BCUT2D eigenvalue weighted by Gasteiger charge is 2.45. The Labute approximate surface area is 142 Å². The number of carbonyl (C=O) groups is 1. The van der Waals surface area contributed by atoms with Crippen molar-refractivity contribution >= 4 is 27.5 Å². The average molecular weight is 351 g/mol. The highest BCUT2D eigenvalue weighted by atomic mass is 32.1. The molecule has 1 aliphatic heterocycles. The zero-order chi connectivity index (χ0) is 16.7. The van der Waals surface area contributed by atoms with E-state index in [2.05, 4.69) is 10.6 Å². The van der Waals surface area contributed by atoms with Gasteiger partial charge in [0.15, 0.2) is 0 Å². The van der Waals surface area contributed by atoms with Crippen molar-refractivity contribution in [3.05, 3.63) is 28.8 Å². The van der Waals surface area contributed by atoms with Crippen LogP contribution in [0.5, 0.6) is 0 Å². The van der Waals surface area contributed by atoms with Gasteiger partial charge in [0.25, 0.3) is 11.8 Å². The van der Waals surface area contributed by atoms with Crippen LogP contribution >= 0.6 is 11.3 Å². The maximum absolute atomic E-state index is 12.9. The number of carbonyl (C=O) groups excluding carboxylic acids is 1. The summed E-state index contributed by atoms with van der Waals surface area (Å²) >= 11 is 1.63. The zero-order valence-electron chi connectivity index (χ0n) is 13.1. The third kappa shape index (κ3) is 3.15. The molecule has 0 radical (unpaired) electrons. The van der Waals surface area contributed by atoms with E-state index in [1.807, 2.05) is 12.1 Å². The molecule has 0 bridgehead atoms. The Morgan fingerprint density at radius 3 is 2.75 bits per heavy atom. The minimum absolute atomic E-state index is 0.262. The number of amides is 1. The van der Waals surface area contributed by atoms with Gasteiger partial charge in [-0.15, -0.1) is 11.3 Å². The normalized spacial score (nSPS) is 21.6. The topological polar surface area (TPSA) is 54.0 Å². The fraction of sp³-hybridized carbons (Fsp3) is 0.529. The van der Waals surface area contributed by atoms with E-state index in [0.717, 1.165) is 41.2 Å². The standard InChI is InChI=1S/C17H19F2N3OS/c18-17(19)8-12(9-17)21-15(23)11-1-2-13-14(7-11)24-16(22-13)10-3-5-20-6-4-10/h1-2,7,10,12,20H,3-6,8-9H2,(H,21,23). The Bertz CT molecular complexity index is 762. The predicted molar refractivity (Wildman–Crippen MR) is 89.9 cm³/mol. The number of nitrogens with zero attached hydrogens (tertiary/aromatic N) is 1. The molecule has 24 heavy (non-hydrogen) atoms. The summed E-state index contributed by atoms with van der Waals surface area (Å²) in [6.45, 7) is 2.03. The van der Waals surface area contributed by atoms with Gasteiger partial charge in [-0.05, 0) is 44.1 Å². The van der Waals surface area contributed by atoms with E-state index in [9.17, 15) is 13.6 Å². The third-order valence-corrected chi connectivity index (χ3v) is 5.96. The number of thiazole rings is 1. The van der Waals surface area contributed by atoms with Gasteiger partial charge in [-0.3, -0.25) is 4.79 Å². The van der Waals surface area contributed by atoms with Crippen LogP contribution in [0.3, 0.4) is 0 Å². The Kier molecular flexibility index (Phi) is 4.00. The van der Waals surface area contributed by atoms with E-state index in [4.69, 9.17) is 4.98 Å². The molecule has 0 unspecified atom stereocenters. The van der Waals surface area contributed by atoms with Gasteiger partial charge in [-0.1, -0.05) is 0 Å². The van der Waals surface area contributed by atoms with Gasteiger partial charge in [-0.2, -0.15) is 0 Å². The van der Waals surface area contributed by atoms with Gasteiger partial charge >= 0.3 is 0 Å². The van der Waals surface area contributed by atoms with Gasteiger partial charge in [0, 0.05) is 30.4 Å². The molecule has 2 heterocycles. The number of hydrogen-bond donors (Lipinski definition) is 2. The first-order valence-corrected chi connectivity index (χ1v) is 9.12. The summed E-state index contributed by atoms with van der Waals surface area (Å²) in [5.41, 5.74) is 1.42. The van der Waals surface area contributed by atoms with E-state index in [-0.39, 0.29) is 18.7 Å². The summed E-state index contributed by atoms with van der Waals surface area (Å²) in [6, 6.07) is 4.97. The number of alkyl halides is 2. The summed E-state index contributed by atoms with van der Waals surface area (Å²) < 4.78 is 26.7. The van der Waals surface area contributed by atoms with Gasteiger partial charge in [0.2, 0.25) is 0 Å². The molecule has 4 rings (SSSR count). The minimum atomic E-state index is -2.62. The first-order valence-electron chi connectivity index (χ1n) is 8.30. The van der Waals surface area contributed by atoms with Crippen molar-refractivity contribution < 1.29 is 13.6 Å². The van der Waals surface area contributed by atoms with Crippen LogP contribution in [0.2, 0.25) is 0 Å². The van der Waals surface area contributed by atoms with Crippen molar-refractivity contribution in [2.45, 2.75) is 43.6 Å². The van der Waals surface area contributed by atoms with Crippen molar-refractivity contribution in [3.8, 4) is 0 Å². The van der Waals surface area contributed by atoms with E-state index in [1.54, 1.807) is 17.4 Å². The Hall–Kier alpha value is -1.60. The molecule has 0 spiro atoms. The predicted octanol–water partition coefficient (Wildman–Crippen LogP) is 3.29. The Morgan fingerprint density at radius 1 is 1.29 bits per heavy atom. The molecule has 4 nitrogen and oxygen atoms in total. The first-order chi connectivity index (χ1) is 11.5. The quantitative estimate of drug-likeness (QED) is 0.892. The second kappa shape index (κ2) is 6.04. The minimum Gasteiger partial charge on any atom is -0.349 e. The van der Waals surface area contributed by atoms with Crippen LogP contribution < -0.4 is 10.6 Å². The summed E-state index contributed by atoms with van der Waals surface area (Å²) in [5.74, 6) is -2.42. The lowest BCUT2D eigenvalue weighted by Gasteiger charge is -2.35. The van der Waals surface area contributed by atoms with E-state index in [0.29, 0.717) is 11.5 Å². The molecular formula is C17H19F2N3OS. The van der Waals surface area contributed by atoms with Crippen molar-refractivity contribution in [2.75, 3.05) is 13.1 Å². The maximum Gasteiger partial charge on any atom is 0.252 e. The summed E-state index contributed by atoms with van der Waals surface area (Å²) in [4.78, 5) is 16.9. The van der Waals surface area contributed by atoms with Gasteiger partial charge < -0.3 is 10.6 Å². The first kappa shape index (κ1) is 15.9. The fourth-order valence-corrected chi connectivity index (χ4v) is 4.53. The number of hydrogen-bond acceptors (Lipinski definition) is 4. The van der Waals surface area contributed by atoms with Crippen LogP contribution in [-0.2, 0) is 0 Å².